The maximum atomic E-state index is 12.1. The van der Waals surface area contributed by atoms with Gasteiger partial charge in [0.25, 0.3) is 5.91 Å². The molecule has 0 aromatic carbocycles. The van der Waals surface area contributed by atoms with Gasteiger partial charge in [-0.25, -0.2) is 4.98 Å². The molecule has 2 rings (SSSR count). The number of rotatable bonds is 5. The van der Waals surface area contributed by atoms with E-state index >= 15 is 0 Å². The molecule has 0 aliphatic heterocycles. The molecule has 0 radical (unpaired) electrons. The van der Waals surface area contributed by atoms with Crippen molar-refractivity contribution in [3.8, 4) is 0 Å². The van der Waals surface area contributed by atoms with Gasteiger partial charge in [-0.15, -0.1) is 0 Å². The number of carbonyl (C=O) groups is 1. The molecule has 2 aromatic heterocycles. The van der Waals surface area contributed by atoms with Gasteiger partial charge in [0.15, 0.2) is 0 Å². The van der Waals surface area contributed by atoms with Crippen LogP contribution in [0.5, 0.6) is 0 Å². The highest BCUT2D eigenvalue weighted by molar-refractivity contribution is 5.92. The Morgan fingerprint density at radius 2 is 2.21 bits per heavy atom. The second-order valence-electron chi connectivity index (χ2n) is 4.59. The molecule has 0 saturated carbocycles. The number of carbonyl (C=O) groups excluding carboxylic acids is 1. The highest BCUT2D eigenvalue weighted by atomic mass is 16.2. The number of hydrogen-bond donors (Lipinski definition) is 1. The Balaban J connectivity index is 2.13. The fourth-order valence-corrected chi connectivity index (χ4v) is 2.04. The second kappa shape index (κ2) is 5.69. The summed E-state index contributed by atoms with van der Waals surface area (Å²) in [4.78, 5) is 16.4. The van der Waals surface area contributed by atoms with Gasteiger partial charge in [0.05, 0.1) is 6.04 Å². The molecule has 1 amide bonds. The number of imidazole rings is 1. The van der Waals surface area contributed by atoms with Gasteiger partial charge < -0.3 is 9.88 Å². The van der Waals surface area contributed by atoms with E-state index in [0.717, 1.165) is 18.7 Å². The highest BCUT2D eigenvalue weighted by Crippen LogP contribution is 2.16. The maximum absolute atomic E-state index is 12.1. The quantitative estimate of drug-likeness (QED) is 0.885. The predicted molar refractivity (Wildman–Crippen MR) is 71.5 cm³/mol. The van der Waals surface area contributed by atoms with E-state index in [9.17, 15) is 4.79 Å². The van der Waals surface area contributed by atoms with Gasteiger partial charge in [0.2, 0.25) is 0 Å². The molecular formula is C13H19N5O. The third kappa shape index (κ3) is 3.01. The monoisotopic (exact) mass is 261 g/mol. The van der Waals surface area contributed by atoms with Crippen LogP contribution in [0, 0.1) is 0 Å². The molecule has 2 heterocycles. The van der Waals surface area contributed by atoms with Crippen molar-refractivity contribution in [3.63, 3.8) is 0 Å². The molecule has 102 valence electrons. The number of hydrogen-bond acceptors (Lipinski definition) is 3. The van der Waals surface area contributed by atoms with Crippen LogP contribution in [0.2, 0.25) is 0 Å². The predicted octanol–water partition coefficient (Wildman–Crippen LogP) is 1.42. The van der Waals surface area contributed by atoms with Crippen molar-refractivity contribution in [2.24, 2.45) is 14.1 Å². The van der Waals surface area contributed by atoms with Crippen molar-refractivity contribution in [2.45, 2.75) is 25.8 Å². The van der Waals surface area contributed by atoms with Gasteiger partial charge in [0, 0.05) is 32.7 Å². The van der Waals surface area contributed by atoms with Crippen LogP contribution < -0.4 is 5.32 Å². The first kappa shape index (κ1) is 13.3. The van der Waals surface area contributed by atoms with Gasteiger partial charge in [-0.05, 0) is 12.5 Å². The summed E-state index contributed by atoms with van der Waals surface area (Å²) < 4.78 is 3.55. The molecule has 19 heavy (non-hydrogen) atoms. The fourth-order valence-electron chi connectivity index (χ4n) is 2.04. The standard InChI is InChI=1S/C13H19N5O/c1-4-5-10(12-14-7-9-17(12)2)15-13(19)11-6-8-18(3)16-11/h6-10H,4-5H2,1-3H3,(H,15,19). The number of amides is 1. The van der Waals surface area contributed by atoms with Crippen molar-refractivity contribution in [1.29, 1.82) is 0 Å². The molecule has 1 unspecified atom stereocenters. The van der Waals surface area contributed by atoms with Gasteiger partial charge in [-0.3, -0.25) is 9.48 Å². The van der Waals surface area contributed by atoms with E-state index in [1.807, 2.05) is 17.8 Å². The summed E-state index contributed by atoms with van der Waals surface area (Å²) in [5, 5.41) is 7.10. The van der Waals surface area contributed by atoms with Crippen LogP contribution >= 0.6 is 0 Å². The number of aromatic nitrogens is 4. The van der Waals surface area contributed by atoms with Crippen LogP contribution in [0.15, 0.2) is 24.7 Å². The fraction of sp³-hybridized carbons (Fsp3) is 0.462. The minimum Gasteiger partial charge on any atom is -0.341 e. The lowest BCUT2D eigenvalue weighted by Crippen LogP contribution is -2.30. The largest absolute Gasteiger partial charge is 0.341 e. The average molecular weight is 261 g/mol. The molecule has 1 atom stereocenters. The zero-order chi connectivity index (χ0) is 13.8. The van der Waals surface area contributed by atoms with Crippen molar-refractivity contribution in [1.82, 2.24) is 24.6 Å². The van der Waals surface area contributed by atoms with E-state index in [1.165, 1.54) is 0 Å². The van der Waals surface area contributed by atoms with Crippen LogP contribution in [0.3, 0.4) is 0 Å². The molecule has 0 aliphatic carbocycles. The Morgan fingerprint density at radius 1 is 1.42 bits per heavy atom. The van der Waals surface area contributed by atoms with Crippen molar-refractivity contribution in [2.75, 3.05) is 0 Å². The molecule has 6 heteroatoms. The van der Waals surface area contributed by atoms with Gasteiger partial charge in [0.1, 0.15) is 11.5 Å². The Kier molecular flexibility index (Phi) is 3.99. The lowest BCUT2D eigenvalue weighted by Gasteiger charge is -2.17. The highest BCUT2D eigenvalue weighted by Gasteiger charge is 2.19. The van der Waals surface area contributed by atoms with Crippen molar-refractivity contribution in [3.05, 3.63) is 36.2 Å². The van der Waals surface area contributed by atoms with Gasteiger partial charge in [-0.2, -0.15) is 5.10 Å². The van der Waals surface area contributed by atoms with E-state index < -0.39 is 0 Å². The molecule has 0 saturated heterocycles. The summed E-state index contributed by atoms with van der Waals surface area (Å²) >= 11 is 0. The third-order valence-corrected chi connectivity index (χ3v) is 3.00. The van der Waals surface area contributed by atoms with E-state index in [4.69, 9.17) is 0 Å². The maximum Gasteiger partial charge on any atom is 0.272 e. The van der Waals surface area contributed by atoms with Crippen molar-refractivity contribution < 1.29 is 4.79 Å². The van der Waals surface area contributed by atoms with E-state index in [2.05, 4.69) is 22.3 Å². The third-order valence-electron chi connectivity index (χ3n) is 3.00. The number of nitrogens with one attached hydrogen (secondary N) is 1. The smallest absolute Gasteiger partial charge is 0.272 e. The van der Waals surface area contributed by atoms with E-state index in [-0.39, 0.29) is 11.9 Å². The Hall–Kier alpha value is -2.11. The van der Waals surface area contributed by atoms with Crippen molar-refractivity contribution >= 4 is 5.91 Å². The lowest BCUT2D eigenvalue weighted by molar-refractivity contribution is 0.0926. The topological polar surface area (TPSA) is 64.7 Å². The minimum atomic E-state index is -0.165. The number of aryl methyl sites for hydroxylation is 2. The van der Waals surface area contributed by atoms with Crippen LogP contribution in [-0.4, -0.2) is 25.2 Å². The Labute approximate surface area is 112 Å². The molecular weight excluding hydrogens is 242 g/mol. The van der Waals surface area contributed by atoms with E-state index in [1.54, 1.807) is 30.2 Å². The van der Waals surface area contributed by atoms with Crippen LogP contribution in [0.25, 0.3) is 0 Å². The normalized spacial score (nSPS) is 12.4. The minimum absolute atomic E-state index is 0.0838. The molecule has 6 nitrogen and oxygen atoms in total. The Morgan fingerprint density at radius 3 is 2.74 bits per heavy atom. The van der Waals surface area contributed by atoms with Gasteiger partial charge >= 0.3 is 0 Å². The summed E-state index contributed by atoms with van der Waals surface area (Å²) in [5.41, 5.74) is 0.429. The van der Waals surface area contributed by atoms with Crippen LogP contribution in [-0.2, 0) is 14.1 Å². The van der Waals surface area contributed by atoms with Gasteiger partial charge in [-0.1, -0.05) is 13.3 Å². The Bertz CT molecular complexity index is 557. The summed E-state index contributed by atoms with van der Waals surface area (Å²) in [5.74, 6) is 0.702. The number of nitrogens with zero attached hydrogens (tertiary/aromatic N) is 4. The first-order valence-corrected chi connectivity index (χ1v) is 6.39. The van der Waals surface area contributed by atoms with E-state index in [0.29, 0.717) is 5.69 Å². The molecule has 0 bridgehead atoms. The zero-order valence-corrected chi connectivity index (χ0v) is 11.5. The summed E-state index contributed by atoms with van der Waals surface area (Å²) in [6.07, 6.45) is 7.20. The SMILES string of the molecule is CCCC(NC(=O)c1ccn(C)n1)c1nccn1C. The molecule has 0 fully saturated rings. The molecule has 1 N–H and O–H groups in total. The summed E-state index contributed by atoms with van der Waals surface area (Å²) in [6, 6.07) is 1.62. The second-order valence-corrected chi connectivity index (χ2v) is 4.59. The molecule has 0 aliphatic rings. The first-order chi connectivity index (χ1) is 9.11. The molecule has 0 spiro atoms. The van der Waals surface area contributed by atoms with Crippen LogP contribution in [0.1, 0.15) is 42.1 Å². The average Bonchev–Trinajstić information content (AvgIpc) is 2.97. The molecule has 2 aromatic rings. The summed E-state index contributed by atoms with van der Waals surface area (Å²) in [6.45, 7) is 2.09. The first-order valence-electron chi connectivity index (χ1n) is 6.39. The summed E-state index contributed by atoms with van der Waals surface area (Å²) in [7, 11) is 3.72. The zero-order valence-electron chi connectivity index (χ0n) is 11.5. The lowest BCUT2D eigenvalue weighted by atomic mass is 10.1. The van der Waals surface area contributed by atoms with Crippen LogP contribution in [0.4, 0.5) is 0 Å².